The van der Waals surface area contributed by atoms with Crippen LogP contribution in [0.1, 0.15) is 12.8 Å². The van der Waals surface area contributed by atoms with Gasteiger partial charge in [-0.3, -0.25) is 0 Å². The van der Waals surface area contributed by atoms with E-state index in [0.29, 0.717) is 0 Å². The smallest absolute Gasteiger partial charge is 0.135 e. The maximum Gasteiger partial charge on any atom is 0.135 e. The number of rotatable bonds is 6. The van der Waals surface area contributed by atoms with Crippen LogP contribution in [0.2, 0.25) is 0 Å². The zero-order chi connectivity index (χ0) is 12.8. The summed E-state index contributed by atoms with van der Waals surface area (Å²) in [6, 6.07) is 14.4. The van der Waals surface area contributed by atoms with Gasteiger partial charge in [-0.05, 0) is 44.9 Å². The highest BCUT2D eigenvalue weighted by atomic mass is 16.5. The lowest BCUT2D eigenvalue weighted by Crippen LogP contribution is -2.12. The lowest BCUT2D eigenvalue weighted by Gasteiger charge is -2.10. The molecule has 0 heterocycles. The fourth-order valence-corrected chi connectivity index (χ4v) is 1.94. The van der Waals surface area contributed by atoms with E-state index in [-0.39, 0.29) is 0 Å². The first-order valence-electron chi connectivity index (χ1n) is 6.38. The third-order valence-electron chi connectivity index (χ3n) is 2.89. The van der Waals surface area contributed by atoms with E-state index in [1.807, 2.05) is 30.9 Å². The molecule has 2 aromatic rings. The van der Waals surface area contributed by atoms with Gasteiger partial charge in [-0.15, -0.1) is 0 Å². The predicted molar refractivity (Wildman–Crippen MR) is 76.7 cm³/mol. The molecule has 18 heavy (non-hydrogen) atoms. The van der Waals surface area contributed by atoms with Gasteiger partial charge in [0.2, 0.25) is 0 Å². The van der Waals surface area contributed by atoms with Gasteiger partial charge < -0.3 is 9.64 Å². The molecule has 0 saturated heterocycles. The highest BCUT2D eigenvalue weighted by Crippen LogP contribution is 2.25. The molecule has 2 rings (SSSR count). The summed E-state index contributed by atoms with van der Waals surface area (Å²) in [7, 11) is 4.18. The molecule has 2 aromatic carbocycles. The summed E-state index contributed by atoms with van der Waals surface area (Å²) >= 11 is 0. The second-order valence-electron chi connectivity index (χ2n) is 4.71. The zero-order valence-corrected chi connectivity index (χ0v) is 11.1. The van der Waals surface area contributed by atoms with E-state index in [2.05, 4.69) is 37.2 Å². The maximum absolute atomic E-state index is 5.76. The molecule has 0 unspecified atom stereocenters. The standard InChI is InChI=1S/C16H20NO/c1-17(2)12-5-6-13-18-16-11-7-9-14-8-3-4-10-15(14)16/h3-4,7-11,13H,5-6,12H2,1-2H3. The van der Waals surface area contributed by atoms with Crippen molar-refractivity contribution in [2.24, 2.45) is 0 Å². The van der Waals surface area contributed by atoms with Gasteiger partial charge in [0.25, 0.3) is 0 Å². The van der Waals surface area contributed by atoms with Crippen molar-refractivity contribution in [1.82, 2.24) is 4.90 Å². The molecule has 0 aliphatic carbocycles. The van der Waals surface area contributed by atoms with Crippen molar-refractivity contribution in [3.05, 3.63) is 49.1 Å². The molecule has 2 nitrogen and oxygen atoms in total. The molecule has 0 fully saturated rings. The van der Waals surface area contributed by atoms with E-state index >= 15 is 0 Å². The van der Waals surface area contributed by atoms with Crippen LogP contribution in [0.3, 0.4) is 0 Å². The van der Waals surface area contributed by atoms with Crippen LogP contribution >= 0.6 is 0 Å². The zero-order valence-electron chi connectivity index (χ0n) is 11.1. The molecule has 0 bridgehead atoms. The summed E-state index contributed by atoms with van der Waals surface area (Å²) in [5, 5.41) is 2.39. The fraction of sp³-hybridized carbons (Fsp3) is 0.312. The van der Waals surface area contributed by atoms with Crippen molar-refractivity contribution in [1.29, 1.82) is 0 Å². The number of ether oxygens (including phenoxy) is 1. The van der Waals surface area contributed by atoms with E-state index in [4.69, 9.17) is 4.74 Å². The highest BCUT2D eigenvalue weighted by molar-refractivity contribution is 5.88. The Morgan fingerprint density at radius 3 is 2.67 bits per heavy atom. The maximum atomic E-state index is 5.76. The Hall–Kier alpha value is -1.54. The number of benzene rings is 2. The first kappa shape index (κ1) is 12.9. The van der Waals surface area contributed by atoms with E-state index in [9.17, 15) is 0 Å². The van der Waals surface area contributed by atoms with Crippen molar-refractivity contribution in [3.8, 4) is 5.75 Å². The van der Waals surface area contributed by atoms with Gasteiger partial charge in [0.05, 0.1) is 0 Å². The van der Waals surface area contributed by atoms with Crippen molar-refractivity contribution in [3.63, 3.8) is 0 Å². The van der Waals surface area contributed by atoms with Gasteiger partial charge in [0.1, 0.15) is 12.4 Å². The van der Waals surface area contributed by atoms with Crippen LogP contribution < -0.4 is 4.74 Å². The molecule has 0 atom stereocenters. The molecule has 0 N–H and O–H groups in total. The first-order valence-corrected chi connectivity index (χ1v) is 6.38. The fourth-order valence-electron chi connectivity index (χ4n) is 1.94. The Bertz CT molecular complexity index is 488. The van der Waals surface area contributed by atoms with Crippen molar-refractivity contribution in [2.45, 2.75) is 12.8 Å². The molecule has 2 heteroatoms. The van der Waals surface area contributed by atoms with E-state index in [1.54, 1.807) is 0 Å². The van der Waals surface area contributed by atoms with E-state index in [1.165, 1.54) is 10.8 Å². The molecular formula is C16H20NO. The van der Waals surface area contributed by atoms with Gasteiger partial charge in [-0.2, -0.15) is 0 Å². The number of fused-ring (bicyclic) bond motifs is 1. The van der Waals surface area contributed by atoms with Crippen molar-refractivity contribution >= 4 is 10.8 Å². The van der Waals surface area contributed by atoms with Crippen LogP contribution in [0.5, 0.6) is 5.75 Å². The van der Waals surface area contributed by atoms with Crippen LogP contribution in [-0.2, 0) is 0 Å². The van der Waals surface area contributed by atoms with E-state index in [0.717, 1.165) is 25.1 Å². The third kappa shape index (κ3) is 3.47. The second kappa shape index (κ2) is 6.41. The average molecular weight is 242 g/mol. The topological polar surface area (TPSA) is 12.5 Å². The molecule has 0 aliphatic heterocycles. The summed E-state index contributed by atoms with van der Waals surface area (Å²) in [6.07, 6.45) is 2.10. The molecule has 0 aromatic heterocycles. The summed E-state index contributed by atoms with van der Waals surface area (Å²) < 4.78 is 5.76. The Balaban J connectivity index is 1.91. The summed E-state index contributed by atoms with van der Waals surface area (Å²) in [5.41, 5.74) is 0. The van der Waals surface area contributed by atoms with Crippen LogP contribution in [0, 0.1) is 6.61 Å². The molecule has 0 amide bonds. The largest absolute Gasteiger partial charge is 0.486 e. The van der Waals surface area contributed by atoms with Crippen LogP contribution in [0.15, 0.2) is 42.5 Å². The van der Waals surface area contributed by atoms with Gasteiger partial charge >= 0.3 is 0 Å². The Labute approximate surface area is 109 Å². The van der Waals surface area contributed by atoms with E-state index < -0.39 is 0 Å². The monoisotopic (exact) mass is 242 g/mol. The molecule has 0 saturated carbocycles. The minimum Gasteiger partial charge on any atom is -0.486 e. The Morgan fingerprint density at radius 1 is 1.06 bits per heavy atom. The third-order valence-corrected chi connectivity index (χ3v) is 2.89. The second-order valence-corrected chi connectivity index (χ2v) is 4.71. The number of hydrogen-bond acceptors (Lipinski definition) is 2. The quantitative estimate of drug-likeness (QED) is 0.716. The minimum absolute atomic E-state index is 0.943. The number of nitrogens with zero attached hydrogens (tertiary/aromatic N) is 1. The van der Waals surface area contributed by atoms with Gasteiger partial charge in [0.15, 0.2) is 0 Å². The van der Waals surface area contributed by atoms with Gasteiger partial charge in [0, 0.05) is 5.39 Å². The van der Waals surface area contributed by atoms with Crippen molar-refractivity contribution in [2.75, 3.05) is 20.6 Å². The lowest BCUT2D eigenvalue weighted by molar-refractivity contribution is 0.357. The Morgan fingerprint density at radius 2 is 1.83 bits per heavy atom. The average Bonchev–Trinajstić information content (AvgIpc) is 2.38. The van der Waals surface area contributed by atoms with Gasteiger partial charge in [-0.25, -0.2) is 0 Å². The SMILES string of the molecule is CN(C)CCC[CH]Oc1cccc2ccccc12. The first-order chi connectivity index (χ1) is 8.77. The molecule has 0 spiro atoms. The van der Waals surface area contributed by atoms with Crippen LogP contribution in [0.25, 0.3) is 10.8 Å². The lowest BCUT2D eigenvalue weighted by atomic mass is 10.1. The number of hydrogen-bond donors (Lipinski definition) is 0. The summed E-state index contributed by atoms with van der Waals surface area (Å²) in [4.78, 5) is 2.19. The summed E-state index contributed by atoms with van der Waals surface area (Å²) in [6.45, 7) is 3.00. The normalized spacial score (nSPS) is 11.1. The predicted octanol–water partition coefficient (Wildman–Crippen LogP) is 3.72. The van der Waals surface area contributed by atoms with Crippen LogP contribution in [-0.4, -0.2) is 25.5 Å². The van der Waals surface area contributed by atoms with Crippen LogP contribution in [0.4, 0.5) is 0 Å². The summed E-state index contributed by atoms with van der Waals surface area (Å²) in [5.74, 6) is 0.943. The van der Waals surface area contributed by atoms with Gasteiger partial charge in [-0.1, -0.05) is 36.4 Å². The number of unbranched alkanes of at least 4 members (excludes halogenated alkanes) is 1. The molecule has 1 radical (unpaired) electrons. The molecule has 95 valence electrons. The minimum atomic E-state index is 0.943. The highest BCUT2D eigenvalue weighted by Gasteiger charge is 2.01. The molecular weight excluding hydrogens is 222 g/mol. The molecule has 0 aliphatic rings. The van der Waals surface area contributed by atoms with Crippen molar-refractivity contribution < 1.29 is 4.74 Å². The Kier molecular flexibility index (Phi) is 4.59.